The van der Waals surface area contributed by atoms with Gasteiger partial charge >= 0.3 is 0 Å². The molecule has 1 aliphatic heterocycles. The van der Waals surface area contributed by atoms with Gasteiger partial charge in [-0.25, -0.2) is 0 Å². The maximum atomic E-state index is 12.3. The first kappa shape index (κ1) is 21.3. The summed E-state index contributed by atoms with van der Waals surface area (Å²) in [5.41, 5.74) is 1.20. The summed E-state index contributed by atoms with van der Waals surface area (Å²) in [5.74, 6) is 1.26. The number of halogens is 1. The van der Waals surface area contributed by atoms with E-state index in [1.165, 1.54) is 19.8 Å². The van der Waals surface area contributed by atoms with Crippen LogP contribution < -0.4 is 20.7 Å². The second kappa shape index (κ2) is 10.3. The Morgan fingerprint density at radius 2 is 2.12 bits per heavy atom. The number of anilines is 2. The van der Waals surface area contributed by atoms with Crippen molar-refractivity contribution in [3.63, 3.8) is 0 Å². The van der Waals surface area contributed by atoms with Crippen LogP contribution in [0.15, 0.2) is 18.2 Å². The average molecular weight is 370 g/mol. The molecular formula is C18H28ClN3O3. The summed E-state index contributed by atoms with van der Waals surface area (Å²) in [6.45, 7) is 5.63. The van der Waals surface area contributed by atoms with Gasteiger partial charge in [0, 0.05) is 19.0 Å². The molecule has 1 aromatic carbocycles. The van der Waals surface area contributed by atoms with Crippen LogP contribution in [0.25, 0.3) is 0 Å². The van der Waals surface area contributed by atoms with Crippen LogP contribution in [0.5, 0.6) is 5.75 Å². The van der Waals surface area contributed by atoms with E-state index in [9.17, 15) is 9.59 Å². The summed E-state index contributed by atoms with van der Waals surface area (Å²) in [6.07, 6.45) is 2.85. The first-order valence-electron chi connectivity index (χ1n) is 8.45. The van der Waals surface area contributed by atoms with Gasteiger partial charge in [0.05, 0.1) is 12.8 Å². The molecular weight excluding hydrogens is 342 g/mol. The summed E-state index contributed by atoms with van der Waals surface area (Å²) in [7, 11) is 1.54. The number of piperidine rings is 1. The summed E-state index contributed by atoms with van der Waals surface area (Å²) < 4.78 is 5.22. The summed E-state index contributed by atoms with van der Waals surface area (Å²) >= 11 is 0. The third-order valence-corrected chi connectivity index (χ3v) is 4.44. The fraction of sp³-hybridized carbons (Fsp3) is 0.556. The highest BCUT2D eigenvalue weighted by Gasteiger charge is 2.22. The number of rotatable bonds is 6. The van der Waals surface area contributed by atoms with Crippen LogP contribution in [-0.4, -0.2) is 32.0 Å². The van der Waals surface area contributed by atoms with E-state index in [1.54, 1.807) is 25.3 Å². The number of nitrogens with one attached hydrogen (secondary N) is 3. The minimum atomic E-state index is -0.185. The number of amides is 2. The zero-order valence-corrected chi connectivity index (χ0v) is 15.9. The van der Waals surface area contributed by atoms with Crippen molar-refractivity contribution < 1.29 is 14.3 Å². The van der Waals surface area contributed by atoms with Crippen LogP contribution >= 0.6 is 12.4 Å². The predicted octanol–water partition coefficient (Wildman–Crippen LogP) is 3.04. The largest absolute Gasteiger partial charge is 0.495 e. The monoisotopic (exact) mass is 369 g/mol. The molecule has 6 nitrogen and oxygen atoms in total. The van der Waals surface area contributed by atoms with Crippen molar-refractivity contribution in [2.24, 2.45) is 11.8 Å². The molecule has 0 radical (unpaired) electrons. The third-order valence-electron chi connectivity index (χ3n) is 4.44. The van der Waals surface area contributed by atoms with Gasteiger partial charge in [-0.1, -0.05) is 6.92 Å². The number of ether oxygens (including phenoxy) is 1. The van der Waals surface area contributed by atoms with Gasteiger partial charge in [-0.05, 0) is 56.0 Å². The average Bonchev–Trinajstić information content (AvgIpc) is 2.55. The van der Waals surface area contributed by atoms with Crippen molar-refractivity contribution in [2.75, 3.05) is 30.8 Å². The van der Waals surface area contributed by atoms with Gasteiger partial charge in [0.2, 0.25) is 11.8 Å². The Balaban J connectivity index is 0.00000312. The lowest BCUT2D eigenvalue weighted by Gasteiger charge is -2.28. The minimum absolute atomic E-state index is 0. The molecule has 7 heteroatoms. The van der Waals surface area contributed by atoms with Crippen LogP contribution in [0, 0.1) is 11.8 Å². The van der Waals surface area contributed by atoms with E-state index in [0.29, 0.717) is 35.4 Å². The van der Waals surface area contributed by atoms with E-state index < -0.39 is 0 Å². The van der Waals surface area contributed by atoms with E-state index in [1.807, 2.05) is 0 Å². The van der Waals surface area contributed by atoms with Crippen molar-refractivity contribution in [1.82, 2.24) is 5.32 Å². The smallest absolute Gasteiger partial charge is 0.224 e. The van der Waals surface area contributed by atoms with E-state index in [4.69, 9.17) is 4.74 Å². The highest BCUT2D eigenvalue weighted by atomic mass is 35.5. The Kier molecular flexibility index (Phi) is 8.72. The second-order valence-corrected chi connectivity index (χ2v) is 6.43. The molecule has 3 N–H and O–H groups in total. The second-order valence-electron chi connectivity index (χ2n) is 6.43. The summed E-state index contributed by atoms with van der Waals surface area (Å²) in [5, 5.41) is 9.01. The van der Waals surface area contributed by atoms with Gasteiger partial charge in [-0.15, -0.1) is 12.4 Å². The molecule has 2 atom stereocenters. The van der Waals surface area contributed by atoms with Crippen LogP contribution in [0.1, 0.15) is 33.1 Å². The van der Waals surface area contributed by atoms with Crippen molar-refractivity contribution in [3.05, 3.63) is 18.2 Å². The SMILES string of the molecule is COc1ccc(NC(=O)CC(C)C2CCCNC2)cc1NC(C)=O.Cl. The maximum Gasteiger partial charge on any atom is 0.224 e. The minimum Gasteiger partial charge on any atom is -0.495 e. The summed E-state index contributed by atoms with van der Waals surface area (Å²) in [4.78, 5) is 23.6. The van der Waals surface area contributed by atoms with Crippen molar-refractivity contribution in [2.45, 2.75) is 33.1 Å². The Bertz CT molecular complexity index is 589. The molecule has 1 saturated heterocycles. The molecule has 1 aliphatic rings. The van der Waals surface area contributed by atoms with Crippen LogP contribution in [-0.2, 0) is 9.59 Å². The predicted molar refractivity (Wildman–Crippen MR) is 103 cm³/mol. The van der Waals surface area contributed by atoms with Crippen LogP contribution in [0.4, 0.5) is 11.4 Å². The van der Waals surface area contributed by atoms with Crippen LogP contribution in [0.2, 0.25) is 0 Å². The van der Waals surface area contributed by atoms with Crippen molar-refractivity contribution in [1.29, 1.82) is 0 Å². The van der Waals surface area contributed by atoms with E-state index >= 15 is 0 Å². The van der Waals surface area contributed by atoms with Gasteiger partial charge in [-0.2, -0.15) is 0 Å². The molecule has 0 aliphatic carbocycles. The lowest BCUT2D eigenvalue weighted by atomic mass is 9.85. The third kappa shape index (κ3) is 6.55. The normalized spacial score (nSPS) is 17.8. The maximum absolute atomic E-state index is 12.3. The fourth-order valence-electron chi connectivity index (χ4n) is 3.11. The Labute approximate surface area is 155 Å². The molecule has 1 heterocycles. The summed E-state index contributed by atoms with van der Waals surface area (Å²) in [6, 6.07) is 5.22. The van der Waals surface area contributed by atoms with Gasteiger partial charge in [0.15, 0.2) is 0 Å². The highest BCUT2D eigenvalue weighted by molar-refractivity contribution is 5.94. The standard InChI is InChI=1S/C18H27N3O3.ClH/c1-12(14-5-4-8-19-11-14)9-18(23)21-15-6-7-17(24-3)16(10-15)20-13(2)22;/h6-7,10,12,14,19H,4-5,8-9,11H2,1-3H3,(H,20,22)(H,21,23);1H. The topological polar surface area (TPSA) is 79.5 Å². The molecule has 0 spiro atoms. The number of carbonyl (C=O) groups excluding carboxylic acids is 2. The molecule has 0 saturated carbocycles. The molecule has 25 heavy (non-hydrogen) atoms. The van der Waals surface area contributed by atoms with Gasteiger partial charge < -0.3 is 20.7 Å². The van der Waals surface area contributed by atoms with E-state index in [2.05, 4.69) is 22.9 Å². The Morgan fingerprint density at radius 3 is 2.72 bits per heavy atom. The fourth-order valence-corrected chi connectivity index (χ4v) is 3.11. The molecule has 2 rings (SSSR count). The molecule has 140 valence electrons. The quantitative estimate of drug-likeness (QED) is 0.720. The first-order chi connectivity index (χ1) is 11.5. The van der Waals surface area contributed by atoms with E-state index in [0.717, 1.165) is 13.1 Å². The first-order valence-corrected chi connectivity index (χ1v) is 8.45. The molecule has 1 fully saturated rings. The number of methoxy groups -OCH3 is 1. The van der Waals surface area contributed by atoms with Gasteiger partial charge in [0.25, 0.3) is 0 Å². The number of benzene rings is 1. The van der Waals surface area contributed by atoms with E-state index in [-0.39, 0.29) is 24.2 Å². The number of hydrogen-bond acceptors (Lipinski definition) is 4. The highest BCUT2D eigenvalue weighted by Crippen LogP contribution is 2.28. The zero-order chi connectivity index (χ0) is 17.5. The molecule has 2 amide bonds. The molecule has 1 aromatic rings. The molecule has 2 unspecified atom stereocenters. The van der Waals surface area contributed by atoms with Crippen LogP contribution in [0.3, 0.4) is 0 Å². The Morgan fingerprint density at radius 1 is 1.36 bits per heavy atom. The Hall–Kier alpha value is -1.79. The van der Waals surface area contributed by atoms with Gasteiger partial charge in [-0.3, -0.25) is 9.59 Å². The van der Waals surface area contributed by atoms with Crippen molar-refractivity contribution in [3.8, 4) is 5.75 Å². The zero-order valence-electron chi connectivity index (χ0n) is 15.1. The number of hydrogen-bond donors (Lipinski definition) is 3. The molecule has 0 aromatic heterocycles. The van der Waals surface area contributed by atoms with Crippen molar-refractivity contribution >= 4 is 35.6 Å². The molecule has 0 bridgehead atoms. The number of carbonyl (C=O) groups is 2. The lowest BCUT2D eigenvalue weighted by molar-refractivity contribution is -0.117. The lowest BCUT2D eigenvalue weighted by Crippen LogP contribution is -2.34. The van der Waals surface area contributed by atoms with Gasteiger partial charge in [0.1, 0.15) is 5.75 Å².